The Morgan fingerprint density at radius 2 is 2.00 bits per heavy atom. The van der Waals surface area contributed by atoms with Crippen LogP contribution in [-0.2, 0) is 9.53 Å². The average Bonchev–Trinajstić information content (AvgIpc) is 2.43. The van der Waals surface area contributed by atoms with Crippen molar-refractivity contribution in [3.05, 3.63) is 59.2 Å². The third kappa shape index (κ3) is 3.53. The number of anilines is 1. The van der Waals surface area contributed by atoms with E-state index in [1.165, 1.54) is 13.3 Å². The maximum atomic E-state index is 12.1. The van der Waals surface area contributed by atoms with Crippen LogP contribution in [0.3, 0.4) is 0 Å². The van der Waals surface area contributed by atoms with Crippen molar-refractivity contribution in [1.29, 1.82) is 0 Å². The lowest BCUT2D eigenvalue weighted by Gasteiger charge is -2.15. The van der Waals surface area contributed by atoms with Crippen LogP contribution in [0.5, 0.6) is 0 Å². The van der Waals surface area contributed by atoms with Crippen molar-refractivity contribution >= 4 is 23.3 Å². The van der Waals surface area contributed by atoms with Gasteiger partial charge >= 0.3 is 0 Å². The van der Waals surface area contributed by atoms with Gasteiger partial charge in [-0.15, -0.1) is 0 Å². The van der Waals surface area contributed by atoms with E-state index >= 15 is 0 Å². The fourth-order valence-corrected chi connectivity index (χ4v) is 1.78. The van der Waals surface area contributed by atoms with E-state index in [0.717, 1.165) is 5.56 Å². The Labute approximate surface area is 116 Å². The first kappa shape index (κ1) is 13.5. The highest BCUT2D eigenvalue weighted by Gasteiger charge is 2.20. The van der Waals surface area contributed by atoms with Gasteiger partial charge in [0.2, 0.25) is 0 Å². The molecule has 0 aliphatic rings. The van der Waals surface area contributed by atoms with Crippen LogP contribution in [-0.4, -0.2) is 18.0 Å². The number of hydrogen-bond donors (Lipinski definition) is 1. The van der Waals surface area contributed by atoms with Crippen molar-refractivity contribution in [2.45, 2.75) is 6.10 Å². The summed E-state index contributed by atoms with van der Waals surface area (Å²) in [6.07, 6.45) is 0.806. The Kier molecular flexibility index (Phi) is 4.49. The number of carbonyl (C=O) groups is 1. The molecule has 0 saturated carbocycles. The van der Waals surface area contributed by atoms with Gasteiger partial charge in [-0.05, 0) is 17.7 Å². The van der Waals surface area contributed by atoms with E-state index in [0.29, 0.717) is 10.8 Å². The van der Waals surface area contributed by atoms with Gasteiger partial charge in [0.25, 0.3) is 5.91 Å². The smallest absolute Gasteiger partial charge is 0.259 e. The van der Waals surface area contributed by atoms with Crippen molar-refractivity contribution in [1.82, 2.24) is 4.98 Å². The minimum Gasteiger partial charge on any atom is -0.367 e. The topological polar surface area (TPSA) is 51.2 Å². The number of hydrogen-bond acceptors (Lipinski definition) is 3. The molecule has 0 aliphatic heterocycles. The zero-order valence-corrected chi connectivity index (χ0v) is 11.1. The van der Waals surface area contributed by atoms with Crippen LogP contribution < -0.4 is 5.32 Å². The molecule has 1 aromatic carbocycles. The SMILES string of the molecule is CO[C@H](C(=O)Nc1ccc(Cl)cn1)c1ccccc1. The van der Waals surface area contributed by atoms with E-state index < -0.39 is 6.10 Å². The van der Waals surface area contributed by atoms with Gasteiger partial charge < -0.3 is 10.1 Å². The highest BCUT2D eigenvalue weighted by atomic mass is 35.5. The van der Waals surface area contributed by atoms with Gasteiger partial charge in [0.15, 0.2) is 6.10 Å². The zero-order chi connectivity index (χ0) is 13.7. The summed E-state index contributed by atoms with van der Waals surface area (Å²) in [6, 6.07) is 12.6. The molecule has 19 heavy (non-hydrogen) atoms. The summed E-state index contributed by atoms with van der Waals surface area (Å²) in [5.41, 5.74) is 0.788. The Morgan fingerprint density at radius 3 is 2.58 bits per heavy atom. The van der Waals surface area contributed by atoms with E-state index in [2.05, 4.69) is 10.3 Å². The number of amides is 1. The van der Waals surface area contributed by atoms with Crippen LogP contribution in [0.15, 0.2) is 48.7 Å². The molecular weight excluding hydrogens is 264 g/mol. The van der Waals surface area contributed by atoms with Gasteiger partial charge in [-0.3, -0.25) is 4.79 Å². The first-order valence-corrected chi connectivity index (χ1v) is 6.08. The molecule has 5 heteroatoms. The minimum atomic E-state index is -0.668. The molecular formula is C14H13ClN2O2. The second-order valence-electron chi connectivity index (χ2n) is 3.88. The summed E-state index contributed by atoms with van der Waals surface area (Å²) >= 11 is 5.73. The lowest BCUT2D eigenvalue weighted by Crippen LogP contribution is -2.23. The van der Waals surface area contributed by atoms with Crippen LogP contribution in [0.4, 0.5) is 5.82 Å². The van der Waals surface area contributed by atoms with Gasteiger partial charge in [0.1, 0.15) is 5.82 Å². The number of ether oxygens (including phenoxy) is 1. The van der Waals surface area contributed by atoms with Gasteiger partial charge in [-0.2, -0.15) is 0 Å². The molecule has 0 bridgehead atoms. The summed E-state index contributed by atoms with van der Waals surface area (Å²) in [5, 5.41) is 3.20. The summed E-state index contributed by atoms with van der Waals surface area (Å²) in [4.78, 5) is 16.1. The fourth-order valence-electron chi connectivity index (χ4n) is 1.66. The second-order valence-corrected chi connectivity index (χ2v) is 4.31. The first-order chi connectivity index (χ1) is 9.20. The molecule has 1 amide bonds. The number of nitrogens with one attached hydrogen (secondary N) is 1. The van der Waals surface area contributed by atoms with Gasteiger partial charge in [0, 0.05) is 13.3 Å². The van der Waals surface area contributed by atoms with E-state index in [-0.39, 0.29) is 5.91 Å². The largest absolute Gasteiger partial charge is 0.367 e. The standard InChI is InChI=1S/C14H13ClN2O2/c1-19-13(10-5-3-2-4-6-10)14(18)17-12-8-7-11(15)9-16-12/h2-9,13H,1H3,(H,16,17,18)/t13-/m0/s1. The number of nitrogens with zero attached hydrogens (tertiary/aromatic N) is 1. The number of carbonyl (C=O) groups excluding carboxylic acids is 1. The maximum Gasteiger partial charge on any atom is 0.259 e. The van der Waals surface area contributed by atoms with Gasteiger partial charge in [-0.1, -0.05) is 41.9 Å². The summed E-state index contributed by atoms with van der Waals surface area (Å²) in [5.74, 6) is 0.163. The van der Waals surface area contributed by atoms with Crippen LogP contribution in [0, 0.1) is 0 Å². The Hall–Kier alpha value is -1.91. The molecule has 1 heterocycles. The molecule has 2 aromatic rings. The quantitative estimate of drug-likeness (QED) is 0.934. The average molecular weight is 277 g/mol. The number of methoxy groups -OCH3 is 1. The summed E-state index contributed by atoms with van der Waals surface area (Å²) in [7, 11) is 1.49. The van der Waals surface area contributed by atoms with Crippen molar-refractivity contribution in [2.24, 2.45) is 0 Å². The number of aromatic nitrogens is 1. The number of rotatable bonds is 4. The van der Waals surface area contributed by atoms with Gasteiger partial charge in [0.05, 0.1) is 5.02 Å². The minimum absolute atomic E-state index is 0.275. The predicted octanol–water partition coefficient (Wildman–Crippen LogP) is 3.06. The second kappa shape index (κ2) is 6.31. The highest BCUT2D eigenvalue weighted by Crippen LogP contribution is 2.18. The predicted molar refractivity (Wildman–Crippen MR) is 74.1 cm³/mol. The molecule has 98 valence electrons. The van der Waals surface area contributed by atoms with E-state index in [9.17, 15) is 4.79 Å². The number of halogens is 1. The summed E-state index contributed by atoms with van der Waals surface area (Å²) < 4.78 is 5.23. The molecule has 0 fully saturated rings. The van der Waals surface area contributed by atoms with E-state index in [4.69, 9.17) is 16.3 Å². The molecule has 0 spiro atoms. The monoisotopic (exact) mass is 276 g/mol. The maximum absolute atomic E-state index is 12.1. The third-order valence-corrected chi connectivity index (χ3v) is 2.78. The fraction of sp³-hybridized carbons (Fsp3) is 0.143. The molecule has 1 atom stereocenters. The molecule has 0 saturated heterocycles. The Morgan fingerprint density at radius 1 is 1.26 bits per heavy atom. The Bertz CT molecular complexity index is 543. The molecule has 0 unspecified atom stereocenters. The molecule has 0 radical (unpaired) electrons. The number of benzene rings is 1. The van der Waals surface area contributed by atoms with Crippen LogP contribution in [0.2, 0.25) is 5.02 Å². The molecule has 0 aliphatic carbocycles. The zero-order valence-electron chi connectivity index (χ0n) is 10.3. The van der Waals surface area contributed by atoms with Crippen molar-refractivity contribution in [3.8, 4) is 0 Å². The van der Waals surface area contributed by atoms with Crippen LogP contribution in [0.25, 0.3) is 0 Å². The summed E-state index contributed by atoms with van der Waals surface area (Å²) in [6.45, 7) is 0. The van der Waals surface area contributed by atoms with E-state index in [1.807, 2.05) is 30.3 Å². The van der Waals surface area contributed by atoms with Crippen LogP contribution >= 0.6 is 11.6 Å². The van der Waals surface area contributed by atoms with E-state index in [1.54, 1.807) is 12.1 Å². The molecule has 1 aromatic heterocycles. The number of pyridine rings is 1. The lowest BCUT2D eigenvalue weighted by molar-refractivity contribution is -0.126. The molecule has 2 rings (SSSR count). The highest BCUT2D eigenvalue weighted by molar-refractivity contribution is 6.30. The normalized spacial score (nSPS) is 11.9. The van der Waals surface area contributed by atoms with Gasteiger partial charge in [-0.25, -0.2) is 4.98 Å². The van der Waals surface area contributed by atoms with Crippen molar-refractivity contribution in [3.63, 3.8) is 0 Å². The molecule has 1 N–H and O–H groups in total. The van der Waals surface area contributed by atoms with Crippen molar-refractivity contribution in [2.75, 3.05) is 12.4 Å². The lowest BCUT2D eigenvalue weighted by atomic mass is 10.1. The molecule has 4 nitrogen and oxygen atoms in total. The van der Waals surface area contributed by atoms with Crippen LogP contribution in [0.1, 0.15) is 11.7 Å². The first-order valence-electron chi connectivity index (χ1n) is 5.71. The van der Waals surface area contributed by atoms with Crippen molar-refractivity contribution < 1.29 is 9.53 Å². The Balaban J connectivity index is 2.11. The third-order valence-electron chi connectivity index (χ3n) is 2.55.